The number of rotatable bonds is 12. The summed E-state index contributed by atoms with van der Waals surface area (Å²) >= 11 is 0. The van der Waals surface area contributed by atoms with E-state index >= 15 is 0 Å². The van der Waals surface area contributed by atoms with Crippen LogP contribution in [0.15, 0.2) is 60.7 Å². The van der Waals surface area contributed by atoms with Crippen molar-refractivity contribution in [2.24, 2.45) is 0 Å². The Morgan fingerprint density at radius 2 is 1.43 bits per heavy atom. The number of benzene rings is 2. The Morgan fingerprint density at radius 3 is 2.00 bits per heavy atom. The lowest BCUT2D eigenvalue weighted by Gasteiger charge is -2.46. The Balaban J connectivity index is 1.40. The second kappa shape index (κ2) is 14.0. The van der Waals surface area contributed by atoms with E-state index in [0.717, 1.165) is 11.1 Å². The number of carbonyl (C=O) groups excluding carboxylic acids is 2. The van der Waals surface area contributed by atoms with Crippen molar-refractivity contribution in [3.63, 3.8) is 0 Å². The largest absolute Gasteiger partial charge is 0.463 e. The molecule has 0 bridgehead atoms. The number of fused-ring (bicyclic) bond motifs is 1. The lowest BCUT2D eigenvalue weighted by atomic mass is 9.97. The fraction of sp³-hybridized carbons (Fsp3) is 0.533. The highest BCUT2D eigenvalue weighted by Crippen LogP contribution is 2.36. The second-order valence-electron chi connectivity index (χ2n) is 10.5. The summed E-state index contributed by atoms with van der Waals surface area (Å²) in [4.78, 5) is 23.9. The first kappa shape index (κ1) is 30.5. The van der Waals surface area contributed by atoms with Crippen LogP contribution in [0.5, 0.6) is 0 Å². The van der Waals surface area contributed by atoms with Crippen LogP contribution in [0.25, 0.3) is 0 Å². The number of aliphatic hydroxyl groups is 2. The van der Waals surface area contributed by atoms with E-state index in [4.69, 9.17) is 33.2 Å². The van der Waals surface area contributed by atoms with Crippen molar-refractivity contribution in [3.8, 4) is 0 Å². The molecule has 12 heteroatoms. The molecule has 3 saturated heterocycles. The average Bonchev–Trinajstić information content (AvgIpc) is 3.76. The summed E-state index contributed by atoms with van der Waals surface area (Å²) in [6, 6.07) is 18.7. The lowest BCUT2D eigenvalue weighted by molar-refractivity contribution is -0.338. The van der Waals surface area contributed by atoms with Crippen LogP contribution < -0.4 is 5.32 Å². The molecule has 42 heavy (non-hydrogen) atoms. The Labute approximate surface area is 243 Å². The van der Waals surface area contributed by atoms with Gasteiger partial charge in [-0.3, -0.25) is 14.9 Å². The monoisotopic (exact) mass is 587 g/mol. The van der Waals surface area contributed by atoms with Gasteiger partial charge in [-0.25, -0.2) is 0 Å². The van der Waals surface area contributed by atoms with E-state index in [1.54, 1.807) is 0 Å². The summed E-state index contributed by atoms with van der Waals surface area (Å²) in [5.74, 6) is -1.13. The number of hydrogen-bond donors (Lipinski definition) is 3. The number of ether oxygens (including phenoxy) is 7. The molecule has 0 amide bonds. The molecule has 0 saturated carbocycles. The van der Waals surface area contributed by atoms with Gasteiger partial charge in [-0.05, 0) is 11.1 Å². The topological polar surface area (TPSA) is 161 Å². The van der Waals surface area contributed by atoms with E-state index < -0.39 is 67.6 Å². The first-order valence-corrected chi connectivity index (χ1v) is 14.0. The normalized spacial score (nSPS) is 33.8. The standard InChI is InChI=1S/C30H37NO11/c1-17(33)36-16-22-25(26(23-29(31-23)40-22)37-14-19-9-5-3-6-10-19)42-30-28(39-18(2)34)27(24(35)21(13-32)41-30)38-15-20-11-7-4-8-12-20/h3-12,21-32,35H,13-16H2,1-2H3. The minimum absolute atomic E-state index is 0.100. The maximum Gasteiger partial charge on any atom is 0.303 e. The van der Waals surface area contributed by atoms with Gasteiger partial charge < -0.3 is 43.4 Å². The van der Waals surface area contributed by atoms with Crippen LogP contribution in [0.1, 0.15) is 25.0 Å². The van der Waals surface area contributed by atoms with Crippen LogP contribution in [0, 0.1) is 0 Å². The third-order valence-corrected chi connectivity index (χ3v) is 7.35. The Bertz CT molecular complexity index is 1170. The highest BCUT2D eigenvalue weighted by Gasteiger charge is 2.58. The van der Waals surface area contributed by atoms with Gasteiger partial charge >= 0.3 is 11.9 Å². The molecule has 3 fully saturated rings. The molecule has 3 heterocycles. The molecule has 0 aromatic heterocycles. The molecule has 228 valence electrons. The third-order valence-electron chi connectivity index (χ3n) is 7.35. The van der Waals surface area contributed by atoms with E-state index in [-0.39, 0.29) is 32.1 Å². The molecular formula is C30H37NO11. The minimum Gasteiger partial charge on any atom is -0.463 e. The van der Waals surface area contributed by atoms with Crippen LogP contribution in [0.2, 0.25) is 0 Å². The predicted octanol–water partition coefficient (Wildman–Crippen LogP) is 0.812. The van der Waals surface area contributed by atoms with Crippen molar-refractivity contribution >= 4 is 11.9 Å². The van der Waals surface area contributed by atoms with E-state index in [2.05, 4.69) is 5.32 Å². The summed E-state index contributed by atoms with van der Waals surface area (Å²) in [7, 11) is 0. The van der Waals surface area contributed by atoms with Gasteiger partial charge in [0.05, 0.1) is 25.9 Å². The quantitative estimate of drug-likeness (QED) is 0.237. The van der Waals surface area contributed by atoms with Gasteiger partial charge in [0, 0.05) is 13.8 Å². The molecule has 5 rings (SSSR count). The molecule has 0 aliphatic carbocycles. The number of carbonyl (C=O) groups is 2. The molecule has 2 aromatic carbocycles. The maximum atomic E-state index is 12.2. The molecule has 3 N–H and O–H groups in total. The van der Waals surface area contributed by atoms with Crippen molar-refractivity contribution in [1.29, 1.82) is 0 Å². The molecule has 10 atom stereocenters. The van der Waals surface area contributed by atoms with Gasteiger partial charge in [-0.1, -0.05) is 60.7 Å². The Kier molecular flexibility index (Phi) is 10.2. The summed E-state index contributed by atoms with van der Waals surface area (Å²) in [5.41, 5.74) is 1.78. The smallest absolute Gasteiger partial charge is 0.303 e. The van der Waals surface area contributed by atoms with Crippen molar-refractivity contribution < 1.29 is 53.0 Å². The van der Waals surface area contributed by atoms with Crippen LogP contribution in [0.4, 0.5) is 0 Å². The number of esters is 2. The third kappa shape index (κ3) is 7.52. The van der Waals surface area contributed by atoms with Crippen molar-refractivity contribution in [1.82, 2.24) is 5.32 Å². The molecule has 2 aromatic rings. The van der Waals surface area contributed by atoms with Crippen molar-refractivity contribution in [3.05, 3.63) is 71.8 Å². The molecule has 0 spiro atoms. The summed E-state index contributed by atoms with van der Waals surface area (Å²) in [6.45, 7) is 2.23. The zero-order chi connectivity index (χ0) is 29.6. The maximum absolute atomic E-state index is 12.2. The van der Waals surface area contributed by atoms with Crippen LogP contribution in [-0.2, 0) is 56.0 Å². The average molecular weight is 588 g/mol. The van der Waals surface area contributed by atoms with Crippen LogP contribution >= 0.6 is 0 Å². The first-order valence-electron chi connectivity index (χ1n) is 14.0. The molecule has 3 aliphatic rings. The summed E-state index contributed by atoms with van der Waals surface area (Å²) in [6.07, 6.45) is -8.56. The zero-order valence-corrected chi connectivity index (χ0v) is 23.4. The number of aliphatic hydroxyl groups excluding tert-OH is 2. The van der Waals surface area contributed by atoms with Gasteiger partial charge in [0.15, 0.2) is 12.4 Å². The van der Waals surface area contributed by atoms with E-state index in [0.29, 0.717) is 0 Å². The molecule has 12 nitrogen and oxygen atoms in total. The van der Waals surface area contributed by atoms with E-state index in [1.807, 2.05) is 60.7 Å². The number of hydrogen-bond acceptors (Lipinski definition) is 12. The minimum atomic E-state index is -1.33. The van der Waals surface area contributed by atoms with E-state index in [9.17, 15) is 19.8 Å². The zero-order valence-electron chi connectivity index (χ0n) is 23.4. The second-order valence-corrected chi connectivity index (χ2v) is 10.5. The summed E-state index contributed by atoms with van der Waals surface area (Å²) < 4.78 is 41.8. The lowest BCUT2D eigenvalue weighted by Crippen LogP contribution is -2.63. The first-order chi connectivity index (χ1) is 20.3. The molecule has 10 unspecified atom stereocenters. The molecule has 3 aliphatic heterocycles. The van der Waals surface area contributed by atoms with Gasteiger partial charge in [0.25, 0.3) is 0 Å². The predicted molar refractivity (Wildman–Crippen MR) is 144 cm³/mol. The van der Waals surface area contributed by atoms with Crippen LogP contribution in [-0.4, -0.2) is 96.7 Å². The highest BCUT2D eigenvalue weighted by molar-refractivity contribution is 5.66. The van der Waals surface area contributed by atoms with Gasteiger partial charge in [0.2, 0.25) is 0 Å². The van der Waals surface area contributed by atoms with Crippen molar-refractivity contribution in [2.45, 2.75) is 88.3 Å². The molecule has 0 radical (unpaired) electrons. The van der Waals surface area contributed by atoms with E-state index in [1.165, 1.54) is 13.8 Å². The van der Waals surface area contributed by atoms with Crippen molar-refractivity contribution in [2.75, 3.05) is 13.2 Å². The van der Waals surface area contributed by atoms with Crippen LogP contribution in [0.3, 0.4) is 0 Å². The Hall–Kier alpha value is -2.94. The fourth-order valence-electron chi connectivity index (χ4n) is 5.25. The SMILES string of the molecule is CC(=O)OCC1OC2NC2C(OCc2ccccc2)C1OC1OC(CO)C(O)C(OCc2ccccc2)C1OC(C)=O. The van der Waals surface area contributed by atoms with Gasteiger partial charge in [-0.2, -0.15) is 0 Å². The van der Waals surface area contributed by atoms with Gasteiger partial charge in [-0.15, -0.1) is 0 Å². The van der Waals surface area contributed by atoms with Gasteiger partial charge in [0.1, 0.15) is 49.5 Å². The Morgan fingerprint density at radius 1 is 0.810 bits per heavy atom. The number of nitrogens with one attached hydrogen (secondary N) is 1. The fourth-order valence-corrected chi connectivity index (χ4v) is 5.25. The molecular weight excluding hydrogens is 550 g/mol. The highest BCUT2D eigenvalue weighted by atomic mass is 16.7. The summed E-state index contributed by atoms with van der Waals surface area (Å²) in [5, 5.41) is 24.3.